The molecule has 2 amide bonds. The van der Waals surface area contributed by atoms with E-state index < -0.39 is 11.0 Å². The molecule has 0 saturated carbocycles. The van der Waals surface area contributed by atoms with Crippen molar-refractivity contribution in [3.8, 4) is 0 Å². The van der Waals surface area contributed by atoms with Crippen molar-refractivity contribution in [2.75, 3.05) is 19.6 Å². The van der Waals surface area contributed by atoms with E-state index in [1.807, 2.05) is 4.90 Å². The van der Waals surface area contributed by atoms with Gasteiger partial charge in [-0.05, 0) is 43.7 Å². The smallest absolute Gasteiger partial charge is 0.272 e. The zero-order valence-electron chi connectivity index (χ0n) is 17.1. The Kier molecular flexibility index (Phi) is 6.90. The van der Waals surface area contributed by atoms with Gasteiger partial charge in [0.2, 0.25) is 5.91 Å². The summed E-state index contributed by atoms with van der Waals surface area (Å²) in [6.07, 6.45) is 2.16. The van der Waals surface area contributed by atoms with E-state index in [0.29, 0.717) is 37.2 Å². The van der Waals surface area contributed by atoms with Gasteiger partial charge in [-0.1, -0.05) is 13.8 Å². The van der Waals surface area contributed by atoms with Gasteiger partial charge in [0.1, 0.15) is 6.04 Å². The highest BCUT2D eigenvalue weighted by Gasteiger charge is 2.41. The molecule has 2 atom stereocenters. The summed E-state index contributed by atoms with van der Waals surface area (Å²) in [6, 6.07) is 3.93. The van der Waals surface area contributed by atoms with Crippen molar-refractivity contribution >= 4 is 29.9 Å². The fourth-order valence-electron chi connectivity index (χ4n) is 4.20. The van der Waals surface area contributed by atoms with Gasteiger partial charge in [-0.25, -0.2) is 0 Å². The van der Waals surface area contributed by atoms with Crippen LogP contribution in [0.15, 0.2) is 18.2 Å². The molecule has 0 radical (unpaired) electrons. The van der Waals surface area contributed by atoms with E-state index in [1.165, 1.54) is 18.2 Å². The van der Waals surface area contributed by atoms with Crippen LogP contribution in [0.25, 0.3) is 0 Å². The molecule has 0 aliphatic carbocycles. The van der Waals surface area contributed by atoms with Crippen molar-refractivity contribution in [2.24, 2.45) is 11.1 Å². The normalized spacial score (nSPS) is 23.4. The number of nitrogens with two attached hydrogens (primary N) is 1. The van der Waals surface area contributed by atoms with Crippen molar-refractivity contribution in [2.45, 2.75) is 52.1 Å². The molecule has 9 heteroatoms. The van der Waals surface area contributed by atoms with Crippen LogP contribution in [-0.2, 0) is 4.79 Å². The molecule has 2 saturated heterocycles. The average molecular weight is 425 g/mol. The lowest BCUT2D eigenvalue weighted by molar-refractivity contribution is -0.385. The number of likely N-dealkylation sites (tertiary alicyclic amines) is 2. The molecule has 160 valence electrons. The number of rotatable bonds is 3. The highest BCUT2D eigenvalue weighted by Crippen LogP contribution is 2.30. The summed E-state index contributed by atoms with van der Waals surface area (Å²) < 4.78 is 0. The fourth-order valence-corrected chi connectivity index (χ4v) is 4.20. The quantitative estimate of drug-likeness (QED) is 0.592. The molecule has 29 heavy (non-hydrogen) atoms. The summed E-state index contributed by atoms with van der Waals surface area (Å²) in [7, 11) is 0. The Bertz CT molecular complexity index is 814. The Balaban J connectivity index is 0.00000300. The highest BCUT2D eigenvalue weighted by molar-refractivity contribution is 5.98. The maximum atomic E-state index is 13.2. The number of carbonyl (C=O) groups is 2. The number of halogens is 1. The predicted octanol–water partition coefficient (Wildman–Crippen LogP) is 2.52. The maximum absolute atomic E-state index is 13.2. The van der Waals surface area contributed by atoms with Crippen molar-refractivity contribution in [3.63, 3.8) is 0 Å². The van der Waals surface area contributed by atoms with Crippen LogP contribution in [0.3, 0.4) is 0 Å². The lowest BCUT2D eigenvalue weighted by Gasteiger charge is -2.44. The standard InChI is InChI=1S/C20H28N4O4.ClH/c1-13-11-14(6-7-15(13)24(27)28)18(25)23-9-4-5-16(23)19(26)22-10-8-17(21)20(2,3)12-22;/h6-7,11,16-17H,4-5,8-10,12,21H2,1-3H3;1H. The fraction of sp³-hybridized carbons (Fsp3) is 0.600. The van der Waals surface area contributed by atoms with E-state index in [4.69, 9.17) is 5.73 Å². The lowest BCUT2D eigenvalue weighted by atomic mass is 9.79. The highest BCUT2D eigenvalue weighted by atomic mass is 35.5. The van der Waals surface area contributed by atoms with Crippen molar-refractivity contribution in [1.29, 1.82) is 0 Å². The number of aryl methyl sites for hydroxylation is 1. The molecule has 2 N–H and O–H groups in total. The molecule has 2 aliphatic heterocycles. The minimum atomic E-state index is -0.479. The molecule has 1 aromatic rings. The van der Waals surface area contributed by atoms with Crippen LogP contribution in [0.1, 0.15) is 49.0 Å². The van der Waals surface area contributed by atoms with Crippen molar-refractivity contribution in [3.05, 3.63) is 39.4 Å². The Morgan fingerprint density at radius 3 is 2.52 bits per heavy atom. The third kappa shape index (κ3) is 4.53. The number of carbonyl (C=O) groups excluding carboxylic acids is 2. The maximum Gasteiger partial charge on any atom is 0.272 e. The van der Waals surface area contributed by atoms with Crippen LogP contribution >= 0.6 is 12.4 Å². The SMILES string of the molecule is Cc1cc(C(=O)N2CCCC2C(=O)N2CCC(N)C(C)(C)C2)ccc1[N+](=O)[O-].Cl. The largest absolute Gasteiger partial charge is 0.340 e. The zero-order chi connectivity index (χ0) is 20.6. The minimum absolute atomic E-state index is 0. The number of nitrogens with zero attached hydrogens (tertiary/aromatic N) is 3. The van der Waals surface area contributed by atoms with Crippen molar-refractivity contribution in [1.82, 2.24) is 9.80 Å². The molecule has 2 fully saturated rings. The van der Waals surface area contributed by atoms with E-state index in [-0.39, 0.29) is 41.4 Å². The lowest BCUT2D eigenvalue weighted by Crippen LogP contribution is -2.57. The molecule has 8 nitrogen and oxygen atoms in total. The Labute approximate surface area is 177 Å². The number of nitro groups is 1. The number of hydrogen-bond acceptors (Lipinski definition) is 5. The first kappa shape index (κ1) is 23.1. The summed E-state index contributed by atoms with van der Waals surface area (Å²) >= 11 is 0. The zero-order valence-corrected chi connectivity index (χ0v) is 17.9. The number of benzene rings is 1. The summed E-state index contributed by atoms with van der Waals surface area (Å²) in [5.41, 5.74) is 6.82. The van der Waals surface area contributed by atoms with Gasteiger partial charge in [0.25, 0.3) is 11.6 Å². The van der Waals surface area contributed by atoms with Crippen LogP contribution in [0.2, 0.25) is 0 Å². The first-order valence-corrected chi connectivity index (χ1v) is 9.72. The first-order valence-electron chi connectivity index (χ1n) is 9.72. The second kappa shape index (κ2) is 8.67. The van der Waals surface area contributed by atoms with Crippen LogP contribution in [0.5, 0.6) is 0 Å². The van der Waals surface area contributed by atoms with E-state index in [0.717, 1.165) is 12.8 Å². The first-order chi connectivity index (χ1) is 13.1. The number of hydrogen-bond donors (Lipinski definition) is 1. The summed E-state index contributed by atoms with van der Waals surface area (Å²) in [5, 5.41) is 11.0. The molecule has 2 heterocycles. The molecule has 0 aromatic heterocycles. The topological polar surface area (TPSA) is 110 Å². The van der Waals surface area contributed by atoms with Gasteiger partial charge in [0, 0.05) is 42.9 Å². The van der Waals surface area contributed by atoms with Crippen molar-refractivity contribution < 1.29 is 14.5 Å². The molecular weight excluding hydrogens is 396 g/mol. The predicted molar refractivity (Wildman–Crippen MR) is 112 cm³/mol. The van der Waals surface area contributed by atoms with E-state index in [9.17, 15) is 19.7 Å². The molecule has 2 aliphatic rings. The summed E-state index contributed by atoms with van der Waals surface area (Å²) in [4.78, 5) is 40.2. The van der Waals surface area contributed by atoms with Crippen LogP contribution in [0.4, 0.5) is 5.69 Å². The van der Waals surface area contributed by atoms with E-state index in [1.54, 1.807) is 11.8 Å². The van der Waals surface area contributed by atoms with Gasteiger partial charge in [-0.3, -0.25) is 19.7 Å². The average Bonchev–Trinajstić information content (AvgIpc) is 3.12. The summed E-state index contributed by atoms with van der Waals surface area (Å²) in [6.45, 7) is 7.45. The number of amides is 2. The molecule has 3 rings (SSSR count). The van der Waals surface area contributed by atoms with Gasteiger partial charge in [-0.15, -0.1) is 12.4 Å². The van der Waals surface area contributed by atoms with E-state index >= 15 is 0 Å². The van der Waals surface area contributed by atoms with Crippen LogP contribution in [0, 0.1) is 22.5 Å². The van der Waals surface area contributed by atoms with Gasteiger partial charge in [0.15, 0.2) is 0 Å². The van der Waals surface area contributed by atoms with E-state index in [2.05, 4.69) is 13.8 Å². The van der Waals surface area contributed by atoms with Gasteiger partial charge in [-0.2, -0.15) is 0 Å². The van der Waals surface area contributed by atoms with Crippen LogP contribution < -0.4 is 5.73 Å². The molecular formula is C20H29ClN4O4. The molecule has 1 aromatic carbocycles. The third-order valence-corrected chi connectivity index (χ3v) is 6.06. The van der Waals surface area contributed by atoms with Gasteiger partial charge >= 0.3 is 0 Å². The molecule has 2 unspecified atom stereocenters. The second-order valence-electron chi connectivity index (χ2n) is 8.56. The van der Waals surface area contributed by atoms with Gasteiger partial charge < -0.3 is 15.5 Å². The minimum Gasteiger partial charge on any atom is -0.340 e. The van der Waals surface area contributed by atoms with Gasteiger partial charge in [0.05, 0.1) is 4.92 Å². The second-order valence-corrected chi connectivity index (χ2v) is 8.56. The summed E-state index contributed by atoms with van der Waals surface area (Å²) in [5.74, 6) is -0.272. The number of nitro benzene ring substituents is 1. The van der Waals surface area contributed by atoms with Crippen LogP contribution in [-0.4, -0.2) is 58.3 Å². The Morgan fingerprint density at radius 1 is 1.24 bits per heavy atom. The third-order valence-electron chi connectivity index (χ3n) is 6.06. The molecule has 0 bridgehead atoms. The Morgan fingerprint density at radius 2 is 1.93 bits per heavy atom. The Hall–Kier alpha value is -2.19. The number of piperidine rings is 1. The molecule has 0 spiro atoms. The monoisotopic (exact) mass is 424 g/mol.